The summed E-state index contributed by atoms with van der Waals surface area (Å²) in [5.41, 5.74) is 3.02. The van der Waals surface area contributed by atoms with Crippen LogP contribution in [0, 0.1) is 6.92 Å². The second-order valence-corrected chi connectivity index (χ2v) is 4.31. The maximum Gasteiger partial charge on any atom is 0.218 e. The van der Waals surface area contributed by atoms with Gasteiger partial charge in [0.1, 0.15) is 0 Å². The number of methoxy groups -OCH3 is 1. The first-order valence-electron chi connectivity index (χ1n) is 5.93. The van der Waals surface area contributed by atoms with E-state index in [-0.39, 0.29) is 0 Å². The summed E-state index contributed by atoms with van der Waals surface area (Å²) in [6, 6.07) is 11.8. The molecule has 2 rings (SSSR count). The van der Waals surface area contributed by atoms with E-state index in [0.29, 0.717) is 12.3 Å². The summed E-state index contributed by atoms with van der Waals surface area (Å²) in [4.78, 5) is 4.10. The molecule has 1 atom stereocenters. The highest BCUT2D eigenvalue weighted by Gasteiger charge is 2.14. The van der Waals surface area contributed by atoms with Crippen molar-refractivity contribution in [2.24, 2.45) is 0 Å². The van der Waals surface area contributed by atoms with Gasteiger partial charge in [0.15, 0.2) is 0 Å². The van der Waals surface area contributed by atoms with Crippen molar-refractivity contribution in [1.29, 1.82) is 0 Å². The molecule has 3 nitrogen and oxygen atoms in total. The molecule has 0 aliphatic rings. The van der Waals surface area contributed by atoms with Crippen LogP contribution in [0.15, 0.2) is 42.6 Å². The van der Waals surface area contributed by atoms with Crippen molar-refractivity contribution in [2.45, 2.75) is 19.4 Å². The number of benzene rings is 1. The zero-order chi connectivity index (χ0) is 13.0. The molecule has 2 aromatic rings. The first-order valence-corrected chi connectivity index (χ1v) is 5.93. The van der Waals surface area contributed by atoms with Crippen LogP contribution in [-0.2, 0) is 6.42 Å². The maximum absolute atomic E-state index is 10.3. The van der Waals surface area contributed by atoms with Gasteiger partial charge in [-0.05, 0) is 24.6 Å². The summed E-state index contributed by atoms with van der Waals surface area (Å²) < 4.78 is 5.16. The Bertz CT molecular complexity index is 525. The summed E-state index contributed by atoms with van der Waals surface area (Å²) in [5, 5.41) is 10.3. The topological polar surface area (TPSA) is 42.4 Å². The number of ether oxygens (including phenoxy) is 1. The Balaban J connectivity index is 2.19. The van der Waals surface area contributed by atoms with Gasteiger partial charge in [-0.1, -0.05) is 29.8 Å². The second-order valence-electron chi connectivity index (χ2n) is 4.31. The Morgan fingerprint density at radius 2 is 2.11 bits per heavy atom. The van der Waals surface area contributed by atoms with Crippen LogP contribution in [0.25, 0.3) is 0 Å². The summed E-state index contributed by atoms with van der Waals surface area (Å²) in [6.45, 7) is 2.04. The number of hydrogen-bond acceptors (Lipinski definition) is 3. The normalized spacial score (nSPS) is 12.2. The summed E-state index contributed by atoms with van der Waals surface area (Å²) in [7, 11) is 1.56. The number of nitrogens with zero attached hydrogens (tertiary/aromatic N) is 1. The molecule has 0 bridgehead atoms. The van der Waals surface area contributed by atoms with E-state index in [1.807, 2.05) is 31.2 Å². The van der Waals surface area contributed by atoms with Crippen molar-refractivity contribution >= 4 is 0 Å². The van der Waals surface area contributed by atoms with Gasteiger partial charge in [0, 0.05) is 18.2 Å². The smallest absolute Gasteiger partial charge is 0.218 e. The van der Waals surface area contributed by atoms with E-state index < -0.39 is 6.10 Å². The van der Waals surface area contributed by atoms with Gasteiger partial charge in [0.05, 0.1) is 13.2 Å². The molecule has 0 aliphatic heterocycles. The SMILES string of the molecule is COc1ncccc1C(O)Cc1cccc(C)c1. The molecule has 0 spiro atoms. The van der Waals surface area contributed by atoms with E-state index in [1.165, 1.54) is 5.56 Å². The Kier molecular flexibility index (Phi) is 3.95. The number of aryl methyl sites for hydroxylation is 1. The molecule has 3 heteroatoms. The Hall–Kier alpha value is -1.87. The highest BCUT2D eigenvalue weighted by Crippen LogP contribution is 2.25. The number of pyridine rings is 1. The molecular formula is C15H17NO2. The molecule has 0 amide bonds. The average molecular weight is 243 g/mol. The number of rotatable bonds is 4. The van der Waals surface area contributed by atoms with Gasteiger partial charge < -0.3 is 9.84 Å². The predicted octanol–water partition coefficient (Wildman–Crippen LogP) is 2.67. The molecule has 0 saturated carbocycles. The third kappa shape index (κ3) is 2.87. The van der Waals surface area contributed by atoms with Gasteiger partial charge in [-0.15, -0.1) is 0 Å². The summed E-state index contributed by atoms with van der Waals surface area (Å²) in [6.07, 6.45) is 1.61. The fourth-order valence-corrected chi connectivity index (χ4v) is 2.00. The lowest BCUT2D eigenvalue weighted by atomic mass is 10.0. The lowest BCUT2D eigenvalue weighted by molar-refractivity contribution is 0.173. The molecule has 18 heavy (non-hydrogen) atoms. The van der Waals surface area contributed by atoms with E-state index in [0.717, 1.165) is 11.1 Å². The molecule has 1 unspecified atom stereocenters. The van der Waals surface area contributed by atoms with Crippen LogP contribution in [0.2, 0.25) is 0 Å². The number of aliphatic hydroxyl groups excluding tert-OH is 1. The summed E-state index contributed by atoms with van der Waals surface area (Å²) >= 11 is 0. The van der Waals surface area contributed by atoms with E-state index in [4.69, 9.17) is 4.74 Å². The van der Waals surface area contributed by atoms with E-state index in [9.17, 15) is 5.11 Å². The molecule has 0 fully saturated rings. The second kappa shape index (κ2) is 5.65. The molecule has 1 aromatic heterocycles. The average Bonchev–Trinajstić information content (AvgIpc) is 2.38. The third-order valence-corrected chi connectivity index (χ3v) is 2.86. The maximum atomic E-state index is 10.3. The van der Waals surface area contributed by atoms with Crippen LogP contribution in [0.3, 0.4) is 0 Å². The van der Waals surface area contributed by atoms with E-state index in [1.54, 1.807) is 19.4 Å². The minimum absolute atomic E-state index is 0.484. The van der Waals surface area contributed by atoms with Crippen molar-refractivity contribution < 1.29 is 9.84 Å². The van der Waals surface area contributed by atoms with Crippen molar-refractivity contribution in [3.63, 3.8) is 0 Å². The first kappa shape index (κ1) is 12.6. The minimum atomic E-state index is -0.601. The van der Waals surface area contributed by atoms with Crippen molar-refractivity contribution in [3.8, 4) is 5.88 Å². The zero-order valence-corrected chi connectivity index (χ0v) is 10.6. The number of hydrogen-bond donors (Lipinski definition) is 1. The lowest BCUT2D eigenvalue weighted by Gasteiger charge is -2.14. The van der Waals surface area contributed by atoms with Gasteiger partial charge in [0.25, 0.3) is 0 Å². The molecule has 1 N–H and O–H groups in total. The molecule has 94 valence electrons. The van der Waals surface area contributed by atoms with Crippen molar-refractivity contribution in [3.05, 3.63) is 59.3 Å². The standard InChI is InChI=1S/C15H17NO2/c1-11-5-3-6-12(9-11)10-14(17)13-7-4-8-16-15(13)18-2/h3-9,14,17H,10H2,1-2H3. The van der Waals surface area contributed by atoms with Gasteiger partial charge >= 0.3 is 0 Å². The Morgan fingerprint density at radius 3 is 2.83 bits per heavy atom. The van der Waals surface area contributed by atoms with Crippen LogP contribution < -0.4 is 4.74 Å². The number of aliphatic hydroxyl groups is 1. The molecule has 1 aromatic carbocycles. The largest absolute Gasteiger partial charge is 0.481 e. The third-order valence-electron chi connectivity index (χ3n) is 2.86. The quantitative estimate of drug-likeness (QED) is 0.897. The molecular weight excluding hydrogens is 226 g/mol. The fourth-order valence-electron chi connectivity index (χ4n) is 2.00. The molecule has 0 aliphatic carbocycles. The van der Waals surface area contributed by atoms with Crippen molar-refractivity contribution in [1.82, 2.24) is 4.98 Å². The minimum Gasteiger partial charge on any atom is -0.481 e. The highest BCUT2D eigenvalue weighted by atomic mass is 16.5. The van der Waals surface area contributed by atoms with Crippen LogP contribution in [-0.4, -0.2) is 17.2 Å². The first-order chi connectivity index (χ1) is 8.70. The molecule has 1 heterocycles. The summed E-state index contributed by atoms with van der Waals surface area (Å²) in [5.74, 6) is 0.484. The van der Waals surface area contributed by atoms with E-state index >= 15 is 0 Å². The van der Waals surface area contributed by atoms with Gasteiger partial charge in [-0.2, -0.15) is 0 Å². The van der Waals surface area contributed by atoms with Gasteiger partial charge in [-0.25, -0.2) is 4.98 Å². The van der Waals surface area contributed by atoms with E-state index in [2.05, 4.69) is 11.1 Å². The highest BCUT2D eigenvalue weighted by molar-refractivity contribution is 5.30. The Morgan fingerprint density at radius 1 is 1.28 bits per heavy atom. The van der Waals surface area contributed by atoms with Crippen molar-refractivity contribution in [2.75, 3.05) is 7.11 Å². The van der Waals surface area contributed by atoms with Crippen LogP contribution in [0.4, 0.5) is 0 Å². The fraction of sp³-hybridized carbons (Fsp3) is 0.267. The molecule has 0 radical (unpaired) electrons. The zero-order valence-electron chi connectivity index (χ0n) is 10.6. The van der Waals surface area contributed by atoms with Gasteiger partial charge in [0.2, 0.25) is 5.88 Å². The monoisotopic (exact) mass is 243 g/mol. The van der Waals surface area contributed by atoms with Gasteiger partial charge in [-0.3, -0.25) is 0 Å². The van der Waals surface area contributed by atoms with Crippen LogP contribution in [0.1, 0.15) is 22.8 Å². The van der Waals surface area contributed by atoms with Crippen LogP contribution >= 0.6 is 0 Å². The lowest BCUT2D eigenvalue weighted by Crippen LogP contribution is -2.05. The Labute approximate surface area is 107 Å². The van der Waals surface area contributed by atoms with Crippen LogP contribution in [0.5, 0.6) is 5.88 Å². The predicted molar refractivity (Wildman–Crippen MR) is 70.6 cm³/mol. The number of aromatic nitrogens is 1. The molecule has 0 saturated heterocycles.